The van der Waals surface area contributed by atoms with Crippen molar-refractivity contribution in [1.29, 1.82) is 0 Å². The van der Waals surface area contributed by atoms with E-state index in [1.54, 1.807) is 12.1 Å². The summed E-state index contributed by atoms with van der Waals surface area (Å²) in [5, 5.41) is 11.6. The van der Waals surface area contributed by atoms with Crippen LogP contribution in [-0.4, -0.2) is 59.3 Å². The molecule has 1 saturated heterocycles. The zero-order valence-electron chi connectivity index (χ0n) is 16.8. The molecule has 0 aromatic heterocycles. The van der Waals surface area contributed by atoms with E-state index in [2.05, 4.69) is 5.32 Å². The van der Waals surface area contributed by atoms with Crippen LogP contribution in [0.1, 0.15) is 22.3 Å². The van der Waals surface area contributed by atoms with Crippen molar-refractivity contribution in [1.82, 2.24) is 10.2 Å². The fraction of sp³-hybridized carbons (Fsp3) is 0.318. The summed E-state index contributed by atoms with van der Waals surface area (Å²) < 4.78 is 32.8. The number of amides is 2. The maximum atomic E-state index is 14.2. The Morgan fingerprint density at radius 1 is 1.13 bits per heavy atom. The molecule has 0 bridgehead atoms. The van der Waals surface area contributed by atoms with Crippen LogP contribution in [0.4, 0.5) is 8.78 Å². The van der Waals surface area contributed by atoms with E-state index < -0.39 is 55.7 Å². The third-order valence-corrected chi connectivity index (χ3v) is 5.01. The number of aryl methyl sites for hydroxylation is 1. The van der Waals surface area contributed by atoms with E-state index in [4.69, 9.17) is 4.74 Å². The molecular formula is C22H22F2N2O5. The molecule has 3 rings (SSSR count). The van der Waals surface area contributed by atoms with Crippen LogP contribution in [0.3, 0.4) is 0 Å². The summed E-state index contributed by atoms with van der Waals surface area (Å²) in [5.41, 5.74) is -1.04. The third-order valence-electron chi connectivity index (χ3n) is 5.01. The molecule has 164 valence electrons. The zero-order chi connectivity index (χ0) is 22.6. The van der Waals surface area contributed by atoms with Gasteiger partial charge in [0.25, 0.3) is 5.91 Å². The van der Waals surface area contributed by atoms with Crippen LogP contribution in [0.25, 0.3) is 0 Å². The van der Waals surface area contributed by atoms with Crippen molar-refractivity contribution in [3.05, 3.63) is 59.7 Å². The number of carbonyl (C=O) groups is 3. The van der Waals surface area contributed by atoms with Gasteiger partial charge in [0.2, 0.25) is 5.91 Å². The van der Waals surface area contributed by atoms with E-state index in [0.717, 1.165) is 10.5 Å². The van der Waals surface area contributed by atoms with Crippen LogP contribution in [0.15, 0.2) is 48.5 Å². The Labute approximate surface area is 177 Å². The van der Waals surface area contributed by atoms with Gasteiger partial charge in [0.15, 0.2) is 5.67 Å². The number of ether oxygens (including phenoxy) is 1. The molecule has 2 N–H and O–H groups in total. The lowest BCUT2D eigenvalue weighted by Gasteiger charge is -2.21. The van der Waals surface area contributed by atoms with E-state index >= 15 is 0 Å². The standard InChI is InChI=1S/C22H22F2N2O5/c1-14-2-6-16(7-3-14)31-17-8-4-15(5-9-17)20(28)25-11-19(27)26-13-22(24,12-23)10-18(26)21(29)30/h2-9,18H,10-13H2,1H3,(H,25,28)(H,29,30)/t18-,22-/m0/s1. The maximum Gasteiger partial charge on any atom is 0.326 e. The smallest absolute Gasteiger partial charge is 0.326 e. The van der Waals surface area contributed by atoms with E-state index in [1.807, 2.05) is 31.2 Å². The predicted molar refractivity (Wildman–Crippen MR) is 108 cm³/mol. The molecule has 1 fully saturated rings. The number of benzene rings is 2. The number of likely N-dealkylation sites (tertiary alicyclic amines) is 1. The Morgan fingerprint density at radius 2 is 1.71 bits per heavy atom. The Hall–Kier alpha value is -3.49. The third kappa shape index (κ3) is 5.36. The number of carbonyl (C=O) groups excluding carboxylic acids is 2. The van der Waals surface area contributed by atoms with Gasteiger partial charge < -0.3 is 20.1 Å². The largest absolute Gasteiger partial charge is 0.480 e. The summed E-state index contributed by atoms with van der Waals surface area (Å²) in [6.45, 7) is -0.626. The van der Waals surface area contributed by atoms with Gasteiger partial charge in [-0.25, -0.2) is 13.6 Å². The highest BCUT2D eigenvalue weighted by atomic mass is 19.2. The molecule has 1 aliphatic heterocycles. The normalized spacial score (nSPS) is 20.4. The number of rotatable bonds is 7. The van der Waals surface area contributed by atoms with Crippen molar-refractivity contribution in [2.24, 2.45) is 0 Å². The first-order valence-corrected chi connectivity index (χ1v) is 9.61. The summed E-state index contributed by atoms with van der Waals surface area (Å²) in [6, 6.07) is 12.2. The molecule has 2 aromatic rings. The number of carboxylic acid groups (broad SMARTS) is 1. The van der Waals surface area contributed by atoms with Gasteiger partial charge in [-0.3, -0.25) is 9.59 Å². The van der Waals surface area contributed by atoms with Crippen molar-refractivity contribution in [3.8, 4) is 11.5 Å². The number of nitrogens with zero attached hydrogens (tertiary/aromatic N) is 1. The van der Waals surface area contributed by atoms with Gasteiger partial charge in [0, 0.05) is 12.0 Å². The summed E-state index contributed by atoms with van der Waals surface area (Å²) >= 11 is 0. The number of hydrogen-bond acceptors (Lipinski definition) is 4. The number of nitrogens with one attached hydrogen (secondary N) is 1. The van der Waals surface area contributed by atoms with Crippen molar-refractivity contribution >= 4 is 17.8 Å². The lowest BCUT2D eigenvalue weighted by Crippen LogP contribution is -2.46. The Balaban J connectivity index is 1.57. The summed E-state index contributed by atoms with van der Waals surface area (Å²) in [4.78, 5) is 36.6. The van der Waals surface area contributed by atoms with Crippen molar-refractivity contribution in [2.45, 2.75) is 25.1 Å². The number of aliphatic carboxylic acids is 1. The molecule has 0 aliphatic carbocycles. The number of alkyl halides is 2. The molecule has 2 amide bonds. The van der Waals surface area contributed by atoms with E-state index in [9.17, 15) is 28.3 Å². The van der Waals surface area contributed by atoms with Crippen LogP contribution < -0.4 is 10.1 Å². The van der Waals surface area contributed by atoms with Crippen LogP contribution in [0, 0.1) is 6.92 Å². The summed E-state index contributed by atoms with van der Waals surface area (Å²) in [7, 11) is 0. The van der Waals surface area contributed by atoms with E-state index in [1.165, 1.54) is 12.1 Å². The molecule has 1 aliphatic rings. The molecule has 0 radical (unpaired) electrons. The number of hydrogen-bond donors (Lipinski definition) is 2. The van der Waals surface area contributed by atoms with Crippen molar-refractivity contribution < 1.29 is 33.0 Å². The van der Waals surface area contributed by atoms with Crippen molar-refractivity contribution in [2.75, 3.05) is 19.8 Å². The Bertz CT molecular complexity index is 965. The van der Waals surface area contributed by atoms with Crippen LogP contribution in [0.2, 0.25) is 0 Å². The fourth-order valence-corrected chi connectivity index (χ4v) is 3.29. The Kier molecular flexibility index (Phi) is 6.53. The van der Waals surface area contributed by atoms with E-state index in [0.29, 0.717) is 11.5 Å². The molecule has 0 spiro atoms. The second kappa shape index (κ2) is 9.11. The minimum absolute atomic E-state index is 0.254. The molecule has 7 nitrogen and oxygen atoms in total. The molecule has 31 heavy (non-hydrogen) atoms. The molecular weight excluding hydrogens is 410 g/mol. The topological polar surface area (TPSA) is 95.9 Å². The quantitative estimate of drug-likeness (QED) is 0.702. The maximum absolute atomic E-state index is 14.2. The highest BCUT2D eigenvalue weighted by molar-refractivity contribution is 5.97. The minimum atomic E-state index is -2.39. The van der Waals surface area contributed by atoms with Gasteiger partial charge in [0.05, 0.1) is 13.1 Å². The first-order valence-electron chi connectivity index (χ1n) is 9.61. The predicted octanol–water partition coefficient (Wildman–Crippen LogP) is 2.88. The first-order chi connectivity index (χ1) is 14.7. The van der Waals surface area contributed by atoms with Gasteiger partial charge in [-0.2, -0.15) is 0 Å². The van der Waals surface area contributed by atoms with Crippen molar-refractivity contribution in [3.63, 3.8) is 0 Å². The number of halogens is 2. The molecule has 0 saturated carbocycles. The van der Waals surface area contributed by atoms with Gasteiger partial charge in [-0.1, -0.05) is 17.7 Å². The average molecular weight is 432 g/mol. The van der Waals surface area contributed by atoms with Gasteiger partial charge in [0.1, 0.15) is 24.2 Å². The van der Waals surface area contributed by atoms with Gasteiger partial charge in [-0.15, -0.1) is 0 Å². The molecule has 9 heteroatoms. The minimum Gasteiger partial charge on any atom is -0.480 e. The monoisotopic (exact) mass is 432 g/mol. The number of carboxylic acids is 1. The lowest BCUT2D eigenvalue weighted by atomic mass is 10.0. The molecule has 2 aromatic carbocycles. The zero-order valence-corrected chi connectivity index (χ0v) is 16.8. The SMILES string of the molecule is Cc1ccc(Oc2ccc(C(=O)NCC(=O)N3C[C@@](F)(CF)C[C@H]3C(=O)O)cc2)cc1. The van der Waals surface area contributed by atoms with Crippen LogP contribution >= 0.6 is 0 Å². The highest BCUT2D eigenvalue weighted by Crippen LogP contribution is 2.31. The second-order valence-corrected chi connectivity index (χ2v) is 7.49. The molecule has 1 heterocycles. The average Bonchev–Trinajstić information content (AvgIpc) is 3.13. The highest BCUT2D eigenvalue weighted by Gasteiger charge is 2.49. The first kappa shape index (κ1) is 22.2. The summed E-state index contributed by atoms with van der Waals surface area (Å²) in [6.07, 6.45) is -0.624. The fourth-order valence-electron chi connectivity index (χ4n) is 3.29. The van der Waals surface area contributed by atoms with E-state index in [-0.39, 0.29) is 5.56 Å². The van der Waals surface area contributed by atoms with Gasteiger partial charge in [-0.05, 0) is 43.3 Å². The molecule has 2 atom stereocenters. The van der Waals surface area contributed by atoms with Gasteiger partial charge >= 0.3 is 5.97 Å². The Morgan fingerprint density at radius 3 is 2.26 bits per heavy atom. The summed E-state index contributed by atoms with van der Waals surface area (Å²) in [5.74, 6) is -1.63. The molecule has 0 unspecified atom stereocenters. The lowest BCUT2D eigenvalue weighted by molar-refractivity contribution is -0.147. The van der Waals surface area contributed by atoms with Crippen LogP contribution in [0.5, 0.6) is 11.5 Å². The van der Waals surface area contributed by atoms with Crippen LogP contribution in [-0.2, 0) is 9.59 Å². The second-order valence-electron chi connectivity index (χ2n) is 7.49.